The molecule has 3 aromatic rings. The third-order valence-corrected chi connectivity index (χ3v) is 7.92. The van der Waals surface area contributed by atoms with Gasteiger partial charge in [0.2, 0.25) is 5.91 Å². The molecule has 1 atom stereocenters. The Morgan fingerprint density at radius 3 is 2.59 bits per heavy atom. The minimum Gasteiger partial charge on any atom is -0.468 e. The molecular weight excluding hydrogens is 470 g/mol. The molecular formula is C24H29N5O3S2. The van der Waals surface area contributed by atoms with Crippen molar-refractivity contribution in [2.75, 3.05) is 43.9 Å². The van der Waals surface area contributed by atoms with Gasteiger partial charge in [-0.15, -0.1) is 11.3 Å². The Kier molecular flexibility index (Phi) is 8.02. The van der Waals surface area contributed by atoms with Crippen LogP contribution in [0, 0.1) is 0 Å². The fourth-order valence-electron chi connectivity index (χ4n) is 3.85. The Morgan fingerprint density at radius 2 is 1.91 bits per heavy atom. The van der Waals surface area contributed by atoms with Crippen LogP contribution in [-0.4, -0.2) is 71.8 Å². The molecule has 1 aliphatic rings. The molecule has 180 valence electrons. The number of carbonyl (C=O) groups excluding carboxylic acids is 2. The average molecular weight is 500 g/mol. The van der Waals surface area contributed by atoms with E-state index in [1.54, 1.807) is 11.3 Å². The minimum atomic E-state index is -0.730. The summed E-state index contributed by atoms with van der Waals surface area (Å²) in [6.45, 7) is 4.83. The lowest BCUT2D eigenvalue weighted by molar-refractivity contribution is -0.141. The van der Waals surface area contributed by atoms with Gasteiger partial charge in [-0.1, -0.05) is 49.0 Å². The number of thioether (sulfide) groups is 1. The highest BCUT2D eigenvalue weighted by molar-refractivity contribution is 7.99. The molecule has 8 nitrogen and oxygen atoms in total. The van der Waals surface area contributed by atoms with Gasteiger partial charge in [0.05, 0.1) is 18.9 Å². The van der Waals surface area contributed by atoms with Crippen LogP contribution in [0.25, 0.3) is 10.2 Å². The maximum Gasteiger partial charge on any atom is 0.323 e. The number of amides is 1. The number of benzene rings is 1. The molecule has 1 fully saturated rings. The van der Waals surface area contributed by atoms with Crippen molar-refractivity contribution in [3.05, 3.63) is 46.8 Å². The minimum absolute atomic E-state index is 0.149. The number of thiophene rings is 1. The Balaban J connectivity index is 1.48. The van der Waals surface area contributed by atoms with E-state index in [4.69, 9.17) is 20.4 Å². The van der Waals surface area contributed by atoms with Gasteiger partial charge in [0, 0.05) is 36.8 Å². The number of fused-ring (bicyclic) bond motifs is 1. The Bertz CT molecular complexity index is 1150. The number of piperazine rings is 1. The molecule has 3 heterocycles. The number of rotatable bonds is 8. The lowest BCUT2D eigenvalue weighted by Gasteiger charge is -2.35. The smallest absolute Gasteiger partial charge is 0.323 e. The van der Waals surface area contributed by atoms with E-state index in [1.807, 2.05) is 35.2 Å². The molecule has 2 N–H and O–H groups in total. The first-order valence-electron chi connectivity index (χ1n) is 11.3. The summed E-state index contributed by atoms with van der Waals surface area (Å²) in [5, 5.41) is 1.63. The Hall–Kier alpha value is -2.69. The predicted octanol–water partition coefficient (Wildman–Crippen LogP) is 2.74. The average Bonchev–Trinajstić information content (AvgIpc) is 3.30. The maximum absolute atomic E-state index is 12.8. The van der Waals surface area contributed by atoms with E-state index in [1.165, 1.54) is 23.7 Å². The van der Waals surface area contributed by atoms with Gasteiger partial charge >= 0.3 is 5.97 Å². The molecule has 10 heteroatoms. The van der Waals surface area contributed by atoms with Gasteiger partial charge in [0.25, 0.3) is 0 Å². The van der Waals surface area contributed by atoms with Crippen LogP contribution < -0.4 is 10.6 Å². The van der Waals surface area contributed by atoms with Crippen LogP contribution in [0.5, 0.6) is 0 Å². The van der Waals surface area contributed by atoms with E-state index in [-0.39, 0.29) is 5.91 Å². The highest BCUT2D eigenvalue weighted by Gasteiger charge is 2.25. The van der Waals surface area contributed by atoms with Crippen molar-refractivity contribution in [1.29, 1.82) is 0 Å². The maximum atomic E-state index is 12.8. The summed E-state index contributed by atoms with van der Waals surface area (Å²) < 4.78 is 4.72. The number of anilines is 1. The van der Waals surface area contributed by atoms with Gasteiger partial charge in [-0.25, -0.2) is 9.97 Å². The zero-order chi connectivity index (χ0) is 24.1. The van der Waals surface area contributed by atoms with Crippen molar-refractivity contribution in [1.82, 2.24) is 14.9 Å². The highest BCUT2D eigenvalue weighted by atomic mass is 32.2. The number of aromatic nitrogens is 2. The van der Waals surface area contributed by atoms with Gasteiger partial charge in [-0.3, -0.25) is 9.59 Å². The van der Waals surface area contributed by atoms with Crippen LogP contribution in [0.15, 0.2) is 41.6 Å². The van der Waals surface area contributed by atoms with Crippen molar-refractivity contribution in [3.63, 3.8) is 0 Å². The first-order valence-corrected chi connectivity index (χ1v) is 13.1. The van der Waals surface area contributed by atoms with E-state index < -0.39 is 12.0 Å². The normalized spacial score (nSPS) is 14.9. The van der Waals surface area contributed by atoms with Gasteiger partial charge in [0.1, 0.15) is 16.7 Å². The van der Waals surface area contributed by atoms with E-state index in [9.17, 15) is 9.59 Å². The third-order valence-electron chi connectivity index (χ3n) is 5.78. The monoisotopic (exact) mass is 499 g/mol. The van der Waals surface area contributed by atoms with Crippen LogP contribution in [0.2, 0.25) is 0 Å². The standard InChI is InChI=1S/C24H29N5O3S2/c1-3-17-14-18-21(26-24(27-22(18)34-17)33-15-19(25)23(31)32-2)29-11-9-28(10-12-29)20(30)13-16-7-5-4-6-8-16/h4-8,14,19H,3,9-13,15,25H2,1-2H3/t19-/m0/s1. The highest BCUT2D eigenvalue weighted by Crippen LogP contribution is 2.34. The molecule has 0 bridgehead atoms. The van der Waals surface area contributed by atoms with Gasteiger partial charge in [-0.05, 0) is 18.1 Å². The summed E-state index contributed by atoms with van der Waals surface area (Å²) in [4.78, 5) is 40.3. The number of aryl methyl sites for hydroxylation is 1. The van der Waals surface area contributed by atoms with Crippen LogP contribution in [0.3, 0.4) is 0 Å². The SMILES string of the molecule is CCc1cc2c(N3CCN(C(=O)Cc4ccccc4)CC3)nc(SC[C@H](N)C(=O)OC)nc2s1. The molecule has 0 radical (unpaired) electrons. The summed E-state index contributed by atoms with van der Waals surface area (Å²) in [5.41, 5.74) is 6.93. The molecule has 34 heavy (non-hydrogen) atoms. The first-order chi connectivity index (χ1) is 16.5. The van der Waals surface area contributed by atoms with Crippen LogP contribution in [0.4, 0.5) is 5.82 Å². The first kappa shape index (κ1) is 24.4. The van der Waals surface area contributed by atoms with Gasteiger partial charge in [-0.2, -0.15) is 0 Å². The van der Waals surface area contributed by atoms with E-state index in [2.05, 4.69) is 17.9 Å². The zero-order valence-corrected chi connectivity index (χ0v) is 21.0. The van der Waals surface area contributed by atoms with Crippen LogP contribution in [0.1, 0.15) is 17.4 Å². The second-order valence-corrected chi connectivity index (χ2v) is 10.2. The number of nitrogens with zero attached hydrogens (tertiary/aromatic N) is 4. The summed E-state index contributed by atoms with van der Waals surface area (Å²) in [7, 11) is 1.33. The number of ether oxygens (including phenoxy) is 1. The van der Waals surface area contributed by atoms with Crippen molar-refractivity contribution >= 4 is 51.0 Å². The molecule has 0 saturated carbocycles. The number of carbonyl (C=O) groups is 2. The number of methoxy groups -OCH3 is 1. The predicted molar refractivity (Wildman–Crippen MR) is 136 cm³/mol. The topological polar surface area (TPSA) is 102 Å². The van der Waals surface area contributed by atoms with Crippen LogP contribution in [-0.2, 0) is 27.2 Å². The van der Waals surface area contributed by atoms with Crippen molar-refractivity contribution in [2.24, 2.45) is 5.73 Å². The summed E-state index contributed by atoms with van der Waals surface area (Å²) in [6.07, 6.45) is 1.35. The number of hydrogen-bond acceptors (Lipinski definition) is 9. The van der Waals surface area contributed by atoms with Crippen molar-refractivity contribution in [2.45, 2.75) is 31.0 Å². The van der Waals surface area contributed by atoms with E-state index in [0.29, 0.717) is 43.5 Å². The lowest BCUT2D eigenvalue weighted by Crippen LogP contribution is -2.49. The summed E-state index contributed by atoms with van der Waals surface area (Å²) in [6, 6.07) is 11.3. The molecule has 1 aliphatic heterocycles. The fraction of sp³-hybridized carbons (Fsp3) is 0.417. The second kappa shape index (κ2) is 11.2. The van der Waals surface area contributed by atoms with E-state index in [0.717, 1.165) is 28.0 Å². The Morgan fingerprint density at radius 1 is 1.18 bits per heavy atom. The van der Waals surface area contributed by atoms with Crippen molar-refractivity contribution < 1.29 is 14.3 Å². The van der Waals surface area contributed by atoms with Gasteiger partial charge < -0.3 is 20.3 Å². The molecule has 0 aliphatic carbocycles. The zero-order valence-electron chi connectivity index (χ0n) is 19.4. The molecule has 2 aromatic heterocycles. The number of nitrogens with two attached hydrogens (primary N) is 1. The Labute approximate surface area is 207 Å². The number of esters is 1. The molecule has 1 amide bonds. The summed E-state index contributed by atoms with van der Waals surface area (Å²) in [5.74, 6) is 0.918. The molecule has 0 spiro atoms. The largest absolute Gasteiger partial charge is 0.468 e. The molecule has 4 rings (SSSR count). The molecule has 0 unspecified atom stereocenters. The van der Waals surface area contributed by atoms with Gasteiger partial charge in [0.15, 0.2) is 5.16 Å². The van der Waals surface area contributed by atoms with Crippen molar-refractivity contribution in [3.8, 4) is 0 Å². The van der Waals surface area contributed by atoms with Crippen LogP contribution >= 0.6 is 23.1 Å². The fourth-order valence-corrected chi connectivity index (χ4v) is 5.64. The summed E-state index contributed by atoms with van der Waals surface area (Å²) >= 11 is 3.02. The molecule has 1 saturated heterocycles. The quantitative estimate of drug-likeness (QED) is 0.287. The second-order valence-electron chi connectivity index (χ2n) is 8.09. The number of hydrogen-bond donors (Lipinski definition) is 1. The van der Waals surface area contributed by atoms with E-state index >= 15 is 0 Å². The molecule has 1 aromatic carbocycles. The lowest BCUT2D eigenvalue weighted by atomic mass is 10.1. The third kappa shape index (κ3) is 5.68.